The molecule has 3 rings (SSSR count). The van der Waals surface area contributed by atoms with Gasteiger partial charge in [0.25, 0.3) is 5.91 Å². The number of aromatic nitrogens is 2. The number of likely N-dealkylation sites (tertiary alicyclic amines) is 1. The number of halogens is 1. The van der Waals surface area contributed by atoms with E-state index in [9.17, 15) is 4.79 Å². The molecule has 0 aliphatic carbocycles. The van der Waals surface area contributed by atoms with Crippen LogP contribution in [0, 0.1) is 5.53 Å². The van der Waals surface area contributed by atoms with Crippen LogP contribution in [0.1, 0.15) is 28.9 Å². The number of hydrogen-bond donors (Lipinski definition) is 5. The first-order valence-corrected chi connectivity index (χ1v) is 11.6. The van der Waals surface area contributed by atoms with Crippen LogP contribution in [0.15, 0.2) is 39.4 Å². The highest BCUT2D eigenvalue weighted by molar-refractivity contribution is 6.31. The van der Waals surface area contributed by atoms with E-state index in [-0.39, 0.29) is 47.1 Å². The molecule has 1 aromatic carbocycles. The molecule has 1 fully saturated rings. The van der Waals surface area contributed by atoms with Crippen LogP contribution < -0.4 is 27.3 Å². The Morgan fingerprint density at radius 3 is 2.61 bits per heavy atom. The molecular formula is C22H30ClN11O2. The maximum absolute atomic E-state index is 12.4. The fourth-order valence-corrected chi connectivity index (χ4v) is 3.76. The zero-order chi connectivity index (χ0) is 26.1. The third kappa shape index (κ3) is 7.58. The van der Waals surface area contributed by atoms with Crippen molar-refractivity contribution in [3.05, 3.63) is 40.7 Å². The predicted octanol–water partition coefficient (Wildman–Crippen LogP) is 1.48. The van der Waals surface area contributed by atoms with E-state index in [1.54, 1.807) is 13.3 Å². The Balaban J connectivity index is 1.45. The molecule has 192 valence electrons. The van der Waals surface area contributed by atoms with Crippen LogP contribution in [0.3, 0.4) is 0 Å². The first kappa shape index (κ1) is 26.8. The minimum atomic E-state index is -0.656. The molecule has 0 saturated carbocycles. The lowest BCUT2D eigenvalue weighted by atomic mass is 10.0. The molecule has 8 N–H and O–H groups in total. The van der Waals surface area contributed by atoms with Crippen molar-refractivity contribution in [3.8, 4) is 5.75 Å². The van der Waals surface area contributed by atoms with Crippen LogP contribution in [-0.2, 0) is 6.54 Å². The average Bonchev–Trinajstić information content (AvgIpc) is 2.86. The van der Waals surface area contributed by atoms with Gasteiger partial charge in [-0.2, -0.15) is 5.11 Å². The molecule has 14 heteroatoms. The summed E-state index contributed by atoms with van der Waals surface area (Å²) in [5.74, 6) is -0.161. The zero-order valence-electron chi connectivity index (χ0n) is 19.9. The number of nitrogens with zero attached hydrogens (tertiary/aromatic N) is 6. The number of guanidine groups is 1. The third-order valence-corrected chi connectivity index (χ3v) is 5.76. The molecule has 0 spiro atoms. The third-order valence-electron chi connectivity index (χ3n) is 5.48. The SMILES string of the molecule is CN=CC(COc1ccc(CN2CCC(N=C(N)NC(=O)c3nc(Cl)c(N)nc3N)CC2)cc1)N=N. The molecule has 1 aromatic heterocycles. The molecule has 0 bridgehead atoms. The number of carbonyl (C=O) groups is 1. The summed E-state index contributed by atoms with van der Waals surface area (Å²) in [5.41, 5.74) is 25.3. The van der Waals surface area contributed by atoms with Gasteiger partial charge in [-0.3, -0.25) is 20.0 Å². The zero-order valence-corrected chi connectivity index (χ0v) is 20.6. The van der Waals surface area contributed by atoms with Crippen LogP contribution in [0.4, 0.5) is 11.6 Å². The summed E-state index contributed by atoms with van der Waals surface area (Å²) in [7, 11) is 1.64. The van der Waals surface area contributed by atoms with Gasteiger partial charge in [0.2, 0.25) is 0 Å². The van der Waals surface area contributed by atoms with Crippen LogP contribution in [0.5, 0.6) is 5.75 Å². The Bertz CT molecular complexity index is 1120. The largest absolute Gasteiger partial charge is 0.491 e. The van der Waals surface area contributed by atoms with E-state index >= 15 is 0 Å². The molecule has 1 atom stereocenters. The Kier molecular flexibility index (Phi) is 9.47. The number of nitrogen functional groups attached to an aromatic ring is 2. The van der Waals surface area contributed by atoms with E-state index < -0.39 is 5.91 Å². The summed E-state index contributed by atoms with van der Waals surface area (Å²) in [6.07, 6.45) is 3.17. The number of ether oxygens (including phenoxy) is 1. The Hall–Kier alpha value is -3.84. The fraction of sp³-hybridized carbons (Fsp3) is 0.409. The molecule has 13 nitrogen and oxygen atoms in total. The molecule has 1 unspecified atom stereocenters. The summed E-state index contributed by atoms with van der Waals surface area (Å²) >= 11 is 5.82. The van der Waals surface area contributed by atoms with E-state index in [1.807, 2.05) is 24.3 Å². The predicted molar refractivity (Wildman–Crippen MR) is 139 cm³/mol. The number of amides is 1. The maximum atomic E-state index is 12.4. The van der Waals surface area contributed by atoms with Gasteiger partial charge in [-0.25, -0.2) is 20.5 Å². The summed E-state index contributed by atoms with van der Waals surface area (Å²) in [4.78, 5) is 30.7. The number of nitrogens with one attached hydrogen (secondary N) is 2. The van der Waals surface area contributed by atoms with Crippen LogP contribution >= 0.6 is 11.6 Å². The molecule has 2 aromatic rings. The lowest BCUT2D eigenvalue weighted by molar-refractivity contribution is 0.0972. The van der Waals surface area contributed by atoms with Crippen molar-refractivity contribution in [1.82, 2.24) is 20.2 Å². The van der Waals surface area contributed by atoms with Crippen molar-refractivity contribution in [1.29, 1.82) is 5.53 Å². The van der Waals surface area contributed by atoms with Gasteiger partial charge in [0.1, 0.15) is 18.4 Å². The summed E-state index contributed by atoms with van der Waals surface area (Å²) < 4.78 is 5.68. The number of nitrogens with two attached hydrogens (primary N) is 3. The molecular weight excluding hydrogens is 486 g/mol. The number of aliphatic imine (C=N–C) groups is 2. The summed E-state index contributed by atoms with van der Waals surface area (Å²) in [5, 5.41) is 5.82. The summed E-state index contributed by atoms with van der Waals surface area (Å²) in [6.45, 7) is 2.74. The minimum Gasteiger partial charge on any atom is -0.491 e. The fourth-order valence-electron chi connectivity index (χ4n) is 3.64. The van der Waals surface area contributed by atoms with E-state index in [2.05, 4.69) is 35.3 Å². The lowest BCUT2D eigenvalue weighted by Crippen LogP contribution is -2.40. The monoisotopic (exact) mass is 515 g/mol. The van der Waals surface area contributed by atoms with E-state index in [0.717, 1.165) is 43.8 Å². The van der Waals surface area contributed by atoms with Crippen molar-refractivity contribution < 1.29 is 9.53 Å². The van der Waals surface area contributed by atoms with Crippen molar-refractivity contribution in [2.45, 2.75) is 31.5 Å². The molecule has 1 saturated heterocycles. The van der Waals surface area contributed by atoms with Gasteiger partial charge < -0.3 is 21.9 Å². The highest BCUT2D eigenvalue weighted by atomic mass is 35.5. The second kappa shape index (κ2) is 12.7. The van der Waals surface area contributed by atoms with Gasteiger partial charge >= 0.3 is 0 Å². The highest BCUT2D eigenvalue weighted by Crippen LogP contribution is 2.19. The van der Waals surface area contributed by atoms with Crippen LogP contribution in [0.2, 0.25) is 5.15 Å². The number of rotatable bonds is 9. The Morgan fingerprint density at radius 1 is 1.28 bits per heavy atom. The Labute approximate surface area is 213 Å². The summed E-state index contributed by atoms with van der Waals surface area (Å²) in [6, 6.07) is 7.45. The second-order valence-corrected chi connectivity index (χ2v) is 8.53. The normalized spacial score (nSPS) is 16.1. The van der Waals surface area contributed by atoms with Crippen molar-refractivity contribution in [2.75, 3.05) is 38.2 Å². The second-order valence-electron chi connectivity index (χ2n) is 8.17. The molecule has 36 heavy (non-hydrogen) atoms. The van der Waals surface area contributed by atoms with Crippen LogP contribution in [0.25, 0.3) is 0 Å². The van der Waals surface area contributed by atoms with E-state index in [1.165, 1.54) is 0 Å². The number of hydrogen-bond acceptors (Lipinski definition) is 11. The molecule has 0 radical (unpaired) electrons. The quantitative estimate of drug-likeness (QED) is 0.187. The van der Waals surface area contributed by atoms with Gasteiger partial charge in [0, 0.05) is 32.9 Å². The van der Waals surface area contributed by atoms with Gasteiger partial charge in [-0.1, -0.05) is 23.7 Å². The average molecular weight is 516 g/mol. The molecule has 1 aliphatic rings. The lowest BCUT2D eigenvalue weighted by Gasteiger charge is -2.30. The first-order chi connectivity index (χ1) is 17.3. The number of benzene rings is 1. The molecule has 2 heterocycles. The van der Waals surface area contributed by atoms with E-state index in [4.69, 9.17) is 39.1 Å². The number of carbonyl (C=O) groups excluding carboxylic acids is 1. The topological polar surface area (TPSA) is 206 Å². The maximum Gasteiger partial charge on any atom is 0.280 e. The van der Waals surface area contributed by atoms with E-state index in [0.29, 0.717) is 0 Å². The standard InChI is InChI=1S/C22H30ClN11O2/c1-28-10-15(33-27)12-36-16-4-2-13(3-5-16)11-34-8-6-14(7-9-34)29-22(26)32-21(35)17-19(24)31-20(25)18(23)30-17/h2-5,10,14-15,27H,6-9,11-12H2,1H3,(H4,24,25,31)(H3,26,29,32,35). The van der Waals surface area contributed by atoms with Gasteiger partial charge in [-0.15, -0.1) is 0 Å². The number of anilines is 2. The molecule has 1 amide bonds. The molecule has 1 aliphatic heterocycles. The smallest absolute Gasteiger partial charge is 0.280 e. The van der Waals surface area contributed by atoms with Gasteiger partial charge in [0.15, 0.2) is 28.4 Å². The first-order valence-electron chi connectivity index (χ1n) is 11.2. The highest BCUT2D eigenvalue weighted by Gasteiger charge is 2.21. The van der Waals surface area contributed by atoms with Gasteiger partial charge in [-0.05, 0) is 30.5 Å². The van der Waals surface area contributed by atoms with Crippen molar-refractivity contribution in [3.63, 3.8) is 0 Å². The van der Waals surface area contributed by atoms with Crippen LogP contribution in [-0.4, -0.2) is 71.8 Å². The Morgan fingerprint density at radius 2 is 1.97 bits per heavy atom. The van der Waals surface area contributed by atoms with Crippen molar-refractivity contribution in [2.24, 2.45) is 20.8 Å². The van der Waals surface area contributed by atoms with Crippen molar-refractivity contribution >= 4 is 41.3 Å². The van der Waals surface area contributed by atoms with Gasteiger partial charge in [0.05, 0.1) is 6.04 Å². The number of piperidine rings is 1. The minimum absolute atomic E-state index is 0.0159.